The van der Waals surface area contributed by atoms with E-state index in [4.69, 9.17) is 5.73 Å². The predicted octanol–water partition coefficient (Wildman–Crippen LogP) is 2.99. The van der Waals surface area contributed by atoms with Crippen molar-refractivity contribution < 1.29 is 9.18 Å². The highest BCUT2D eigenvalue weighted by Crippen LogP contribution is 2.32. The van der Waals surface area contributed by atoms with Gasteiger partial charge in [0.25, 0.3) is 0 Å². The number of nitrogen functional groups attached to an aromatic ring is 1. The van der Waals surface area contributed by atoms with Crippen molar-refractivity contribution in [2.45, 2.75) is 45.1 Å². The van der Waals surface area contributed by atoms with Crippen molar-refractivity contribution >= 4 is 11.6 Å². The Labute approximate surface area is 120 Å². The summed E-state index contributed by atoms with van der Waals surface area (Å²) in [7, 11) is 1.86. The third kappa shape index (κ3) is 3.30. The lowest BCUT2D eigenvalue weighted by atomic mass is 9.79. The molecule has 2 N–H and O–H groups in total. The van der Waals surface area contributed by atoms with Crippen LogP contribution in [0.1, 0.15) is 38.2 Å². The first kappa shape index (κ1) is 14.8. The van der Waals surface area contributed by atoms with Crippen LogP contribution in [-0.2, 0) is 11.2 Å². The number of amides is 1. The van der Waals surface area contributed by atoms with Crippen LogP contribution in [0.15, 0.2) is 18.2 Å². The monoisotopic (exact) mass is 278 g/mol. The van der Waals surface area contributed by atoms with E-state index in [1.54, 1.807) is 13.0 Å². The topological polar surface area (TPSA) is 46.3 Å². The minimum Gasteiger partial charge on any atom is -0.399 e. The van der Waals surface area contributed by atoms with Crippen molar-refractivity contribution in [1.82, 2.24) is 4.90 Å². The van der Waals surface area contributed by atoms with Crippen molar-refractivity contribution in [2.75, 3.05) is 12.8 Å². The number of carbonyl (C=O) groups excluding carboxylic acids is 1. The molecule has 2 rings (SSSR count). The molecule has 0 heterocycles. The largest absolute Gasteiger partial charge is 0.399 e. The van der Waals surface area contributed by atoms with E-state index in [-0.39, 0.29) is 17.8 Å². The van der Waals surface area contributed by atoms with Gasteiger partial charge in [0.1, 0.15) is 5.82 Å². The maximum absolute atomic E-state index is 13.4. The van der Waals surface area contributed by atoms with Crippen LogP contribution in [0.25, 0.3) is 0 Å². The summed E-state index contributed by atoms with van der Waals surface area (Å²) in [5.41, 5.74) is 7.44. The molecule has 4 heteroatoms. The molecule has 0 saturated heterocycles. The zero-order valence-electron chi connectivity index (χ0n) is 12.2. The number of hydrogen-bond acceptors (Lipinski definition) is 2. The second-order valence-electron chi connectivity index (χ2n) is 5.79. The van der Waals surface area contributed by atoms with Gasteiger partial charge in [0, 0.05) is 25.7 Å². The molecule has 0 unspecified atom stereocenters. The summed E-state index contributed by atoms with van der Waals surface area (Å²) in [5, 5.41) is 0. The number of carbonyl (C=O) groups is 1. The Hall–Kier alpha value is -1.58. The fourth-order valence-corrected chi connectivity index (χ4v) is 3.20. The maximum atomic E-state index is 13.4. The molecular weight excluding hydrogens is 255 g/mol. The van der Waals surface area contributed by atoms with E-state index < -0.39 is 0 Å². The summed E-state index contributed by atoms with van der Waals surface area (Å²) in [6, 6.07) is 4.77. The molecule has 0 bridgehead atoms. The molecule has 1 aliphatic carbocycles. The molecule has 110 valence electrons. The molecule has 1 fully saturated rings. The van der Waals surface area contributed by atoms with Crippen molar-refractivity contribution in [3.63, 3.8) is 0 Å². The second-order valence-corrected chi connectivity index (χ2v) is 5.79. The van der Waals surface area contributed by atoms with Gasteiger partial charge in [-0.25, -0.2) is 4.39 Å². The number of nitrogens with two attached hydrogens (primary N) is 1. The van der Waals surface area contributed by atoms with Gasteiger partial charge in [-0.05, 0) is 48.9 Å². The Kier molecular flexibility index (Phi) is 4.63. The Balaban J connectivity index is 2.16. The highest BCUT2D eigenvalue weighted by Gasteiger charge is 2.30. The second kappa shape index (κ2) is 6.25. The van der Waals surface area contributed by atoms with E-state index in [1.165, 1.54) is 18.6 Å². The summed E-state index contributed by atoms with van der Waals surface area (Å²) < 4.78 is 13.4. The van der Waals surface area contributed by atoms with Crippen molar-refractivity contribution in [2.24, 2.45) is 5.92 Å². The smallest absolute Gasteiger partial charge is 0.219 e. The van der Waals surface area contributed by atoms with Gasteiger partial charge in [0.2, 0.25) is 5.91 Å². The first-order chi connectivity index (χ1) is 9.49. The number of benzene rings is 1. The number of halogens is 1. The number of nitrogens with zero attached hydrogens (tertiary/aromatic N) is 1. The van der Waals surface area contributed by atoms with E-state index in [9.17, 15) is 9.18 Å². The summed E-state index contributed by atoms with van der Waals surface area (Å²) in [6.07, 6.45) is 5.15. The third-order valence-corrected chi connectivity index (χ3v) is 4.45. The van der Waals surface area contributed by atoms with Crippen molar-refractivity contribution in [3.8, 4) is 0 Å². The molecule has 1 aliphatic rings. The SMILES string of the molecule is CC(=O)N(C)[C@@H]1CCCC[C@H]1Cc1cc(F)ccc1N. The molecule has 2 atom stereocenters. The van der Waals surface area contributed by atoms with E-state index >= 15 is 0 Å². The summed E-state index contributed by atoms with van der Waals surface area (Å²) in [6.45, 7) is 1.60. The molecular formula is C16H23FN2O. The van der Waals surface area contributed by atoms with Gasteiger partial charge in [-0.15, -0.1) is 0 Å². The minimum absolute atomic E-state index is 0.0918. The van der Waals surface area contributed by atoms with Gasteiger partial charge in [0.15, 0.2) is 0 Å². The van der Waals surface area contributed by atoms with Gasteiger partial charge in [-0.1, -0.05) is 12.8 Å². The molecule has 0 spiro atoms. The fourth-order valence-electron chi connectivity index (χ4n) is 3.20. The first-order valence-corrected chi connectivity index (χ1v) is 7.26. The predicted molar refractivity (Wildman–Crippen MR) is 78.7 cm³/mol. The van der Waals surface area contributed by atoms with Crippen molar-refractivity contribution in [3.05, 3.63) is 29.6 Å². The standard InChI is InChI=1S/C16H23FN2O/c1-11(20)19(2)16-6-4-3-5-12(16)9-13-10-14(17)7-8-15(13)18/h7-8,10,12,16H,3-6,9,18H2,1-2H3/t12-,16+/m0/s1. The average Bonchev–Trinajstić information content (AvgIpc) is 2.42. The molecule has 1 aromatic rings. The van der Waals surface area contributed by atoms with Crippen LogP contribution >= 0.6 is 0 Å². The van der Waals surface area contributed by atoms with E-state index in [0.717, 1.165) is 31.2 Å². The molecule has 3 nitrogen and oxygen atoms in total. The van der Waals surface area contributed by atoms with Crippen LogP contribution in [0.2, 0.25) is 0 Å². The first-order valence-electron chi connectivity index (χ1n) is 7.26. The van der Waals surface area contributed by atoms with E-state index in [0.29, 0.717) is 11.6 Å². The number of anilines is 1. The summed E-state index contributed by atoms with van der Waals surface area (Å²) >= 11 is 0. The van der Waals surface area contributed by atoms with Gasteiger partial charge < -0.3 is 10.6 Å². The fraction of sp³-hybridized carbons (Fsp3) is 0.562. The molecule has 20 heavy (non-hydrogen) atoms. The Morgan fingerprint density at radius 3 is 2.80 bits per heavy atom. The zero-order valence-corrected chi connectivity index (χ0v) is 12.2. The van der Waals surface area contributed by atoms with Crippen LogP contribution in [0.5, 0.6) is 0 Å². The molecule has 1 saturated carbocycles. The Bertz CT molecular complexity index is 489. The molecule has 1 amide bonds. The van der Waals surface area contributed by atoms with Gasteiger partial charge in [-0.3, -0.25) is 4.79 Å². The molecule has 0 aromatic heterocycles. The van der Waals surface area contributed by atoms with Crippen LogP contribution in [-0.4, -0.2) is 23.9 Å². The highest BCUT2D eigenvalue weighted by atomic mass is 19.1. The van der Waals surface area contributed by atoms with E-state index in [2.05, 4.69) is 0 Å². The molecule has 1 aromatic carbocycles. The van der Waals surface area contributed by atoms with Crippen LogP contribution in [0.3, 0.4) is 0 Å². The quantitative estimate of drug-likeness (QED) is 0.864. The molecule has 0 aliphatic heterocycles. The normalized spacial score (nSPS) is 22.6. The number of rotatable bonds is 3. The van der Waals surface area contributed by atoms with Crippen LogP contribution in [0, 0.1) is 11.7 Å². The minimum atomic E-state index is -0.249. The third-order valence-electron chi connectivity index (χ3n) is 4.45. The van der Waals surface area contributed by atoms with Crippen LogP contribution in [0.4, 0.5) is 10.1 Å². The Morgan fingerprint density at radius 2 is 2.10 bits per heavy atom. The van der Waals surface area contributed by atoms with Crippen LogP contribution < -0.4 is 5.73 Å². The number of hydrogen-bond donors (Lipinski definition) is 1. The average molecular weight is 278 g/mol. The summed E-state index contributed by atoms with van der Waals surface area (Å²) in [5.74, 6) is 0.206. The van der Waals surface area contributed by atoms with Gasteiger partial charge >= 0.3 is 0 Å². The highest BCUT2D eigenvalue weighted by molar-refractivity contribution is 5.73. The van der Waals surface area contributed by atoms with Gasteiger partial charge in [-0.2, -0.15) is 0 Å². The lowest BCUT2D eigenvalue weighted by Crippen LogP contribution is -2.43. The summed E-state index contributed by atoms with van der Waals surface area (Å²) in [4.78, 5) is 13.4. The Morgan fingerprint density at radius 1 is 1.40 bits per heavy atom. The zero-order chi connectivity index (χ0) is 14.7. The van der Waals surface area contributed by atoms with Crippen molar-refractivity contribution in [1.29, 1.82) is 0 Å². The van der Waals surface area contributed by atoms with E-state index in [1.807, 2.05) is 11.9 Å². The maximum Gasteiger partial charge on any atom is 0.219 e. The molecule has 0 radical (unpaired) electrons. The lowest BCUT2D eigenvalue weighted by molar-refractivity contribution is -0.131. The van der Waals surface area contributed by atoms with Gasteiger partial charge in [0.05, 0.1) is 0 Å². The lowest BCUT2D eigenvalue weighted by Gasteiger charge is -2.38.